The van der Waals surface area contributed by atoms with E-state index in [1.165, 1.54) is 38.5 Å². The van der Waals surface area contributed by atoms with Crippen LogP contribution in [-0.4, -0.2) is 19.8 Å². The van der Waals surface area contributed by atoms with Crippen LogP contribution in [0.2, 0.25) is 5.02 Å². The molecule has 0 spiro atoms. The summed E-state index contributed by atoms with van der Waals surface area (Å²) in [5.74, 6) is 1.33. The van der Waals surface area contributed by atoms with Crippen LogP contribution in [0.15, 0.2) is 12.1 Å². The predicted octanol–water partition coefficient (Wildman–Crippen LogP) is 5.59. The first kappa shape index (κ1) is 20.1. The summed E-state index contributed by atoms with van der Waals surface area (Å²) in [6.45, 7) is 8.04. The molecule has 23 heavy (non-hydrogen) atoms. The van der Waals surface area contributed by atoms with Crippen molar-refractivity contribution >= 4 is 11.6 Å². The van der Waals surface area contributed by atoms with E-state index in [0.29, 0.717) is 16.5 Å². The first-order chi connectivity index (χ1) is 11.1. The average Bonchev–Trinajstić information content (AvgIpc) is 2.51. The summed E-state index contributed by atoms with van der Waals surface area (Å²) in [6, 6.07) is 3.95. The second-order valence-electron chi connectivity index (χ2n) is 6.22. The van der Waals surface area contributed by atoms with Gasteiger partial charge in [-0.2, -0.15) is 0 Å². The molecule has 3 nitrogen and oxygen atoms in total. The molecule has 0 bridgehead atoms. The van der Waals surface area contributed by atoms with E-state index in [4.69, 9.17) is 21.1 Å². The highest BCUT2D eigenvalue weighted by atomic mass is 35.5. The third kappa shape index (κ3) is 7.94. The highest BCUT2D eigenvalue weighted by Crippen LogP contribution is 2.37. The average molecular weight is 342 g/mol. The van der Waals surface area contributed by atoms with Crippen molar-refractivity contribution in [2.45, 2.75) is 71.9 Å². The van der Waals surface area contributed by atoms with Crippen LogP contribution in [0, 0.1) is 0 Å². The number of ether oxygens (including phenoxy) is 2. The zero-order chi connectivity index (χ0) is 17.1. The van der Waals surface area contributed by atoms with E-state index in [2.05, 4.69) is 12.2 Å². The number of nitrogens with one attached hydrogen (secondary N) is 1. The van der Waals surface area contributed by atoms with E-state index in [-0.39, 0.29) is 6.10 Å². The molecule has 0 aliphatic heterocycles. The highest BCUT2D eigenvalue weighted by Gasteiger charge is 2.13. The lowest BCUT2D eigenvalue weighted by Gasteiger charge is -2.16. The number of unbranched alkanes of at least 4 members (excludes halogenated alkanes) is 5. The largest absolute Gasteiger partial charge is 0.493 e. The lowest BCUT2D eigenvalue weighted by Crippen LogP contribution is -2.15. The summed E-state index contributed by atoms with van der Waals surface area (Å²) < 4.78 is 11.1. The topological polar surface area (TPSA) is 30.5 Å². The van der Waals surface area contributed by atoms with Gasteiger partial charge >= 0.3 is 0 Å². The fourth-order valence-corrected chi connectivity index (χ4v) is 2.77. The van der Waals surface area contributed by atoms with Gasteiger partial charge in [0.2, 0.25) is 0 Å². The molecular weight excluding hydrogens is 310 g/mol. The number of rotatable bonds is 12. The minimum Gasteiger partial charge on any atom is -0.493 e. The van der Waals surface area contributed by atoms with E-state index in [1.54, 1.807) is 7.11 Å². The van der Waals surface area contributed by atoms with Gasteiger partial charge in [-0.25, -0.2) is 0 Å². The molecule has 0 amide bonds. The van der Waals surface area contributed by atoms with Gasteiger partial charge < -0.3 is 14.8 Å². The second kappa shape index (κ2) is 11.6. The number of hydrogen-bond acceptors (Lipinski definition) is 3. The third-order valence-corrected chi connectivity index (χ3v) is 3.96. The van der Waals surface area contributed by atoms with Crippen LogP contribution >= 0.6 is 11.6 Å². The molecule has 0 aromatic heterocycles. The van der Waals surface area contributed by atoms with Gasteiger partial charge in [0.05, 0.1) is 18.2 Å². The van der Waals surface area contributed by atoms with Gasteiger partial charge in [0.1, 0.15) is 0 Å². The van der Waals surface area contributed by atoms with Gasteiger partial charge in [-0.1, -0.05) is 50.6 Å². The fraction of sp³-hybridized carbons (Fsp3) is 0.684. The van der Waals surface area contributed by atoms with Crippen LogP contribution in [0.25, 0.3) is 0 Å². The van der Waals surface area contributed by atoms with Crippen molar-refractivity contribution in [2.24, 2.45) is 0 Å². The van der Waals surface area contributed by atoms with E-state index >= 15 is 0 Å². The smallest absolute Gasteiger partial charge is 0.180 e. The lowest BCUT2D eigenvalue weighted by atomic mass is 10.1. The molecule has 0 aliphatic rings. The highest BCUT2D eigenvalue weighted by molar-refractivity contribution is 6.32. The van der Waals surface area contributed by atoms with E-state index < -0.39 is 0 Å². The van der Waals surface area contributed by atoms with E-state index in [9.17, 15) is 0 Å². The van der Waals surface area contributed by atoms with Gasteiger partial charge in [-0.3, -0.25) is 0 Å². The molecule has 1 aromatic carbocycles. The first-order valence-corrected chi connectivity index (χ1v) is 9.20. The number of halogens is 1. The molecule has 0 saturated heterocycles. The molecule has 1 aromatic rings. The molecule has 0 atom stereocenters. The number of benzene rings is 1. The molecule has 4 heteroatoms. The Balaban J connectivity index is 2.41. The molecule has 0 aliphatic carbocycles. The van der Waals surface area contributed by atoms with E-state index in [0.717, 1.165) is 18.7 Å². The Morgan fingerprint density at radius 2 is 1.78 bits per heavy atom. The van der Waals surface area contributed by atoms with Crippen molar-refractivity contribution in [3.8, 4) is 11.5 Å². The maximum Gasteiger partial charge on any atom is 0.180 e. The van der Waals surface area contributed by atoms with Crippen LogP contribution in [0.4, 0.5) is 0 Å². The van der Waals surface area contributed by atoms with Crippen LogP contribution in [0.1, 0.15) is 64.9 Å². The van der Waals surface area contributed by atoms with Crippen molar-refractivity contribution in [2.75, 3.05) is 13.7 Å². The van der Waals surface area contributed by atoms with Gasteiger partial charge in [-0.15, -0.1) is 0 Å². The van der Waals surface area contributed by atoms with Gasteiger partial charge in [0, 0.05) is 6.54 Å². The van der Waals surface area contributed by atoms with Crippen LogP contribution in [0.5, 0.6) is 11.5 Å². The van der Waals surface area contributed by atoms with Crippen LogP contribution < -0.4 is 14.8 Å². The third-order valence-electron chi connectivity index (χ3n) is 3.68. The molecule has 0 radical (unpaired) electrons. The van der Waals surface area contributed by atoms with Crippen molar-refractivity contribution < 1.29 is 9.47 Å². The van der Waals surface area contributed by atoms with Crippen molar-refractivity contribution in [3.05, 3.63) is 22.7 Å². The summed E-state index contributed by atoms with van der Waals surface area (Å²) in [4.78, 5) is 0. The first-order valence-electron chi connectivity index (χ1n) is 8.82. The summed E-state index contributed by atoms with van der Waals surface area (Å²) in [6.07, 6.45) is 7.96. The minimum atomic E-state index is 0.0677. The fourth-order valence-electron chi connectivity index (χ4n) is 2.49. The standard InChI is InChI=1S/C19H32ClNO2/c1-5-6-7-8-9-10-11-21-14-16-12-17(20)19(23-15(2)3)18(13-16)22-4/h12-13,15,21H,5-11,14H2,1-4H3. The Hall–Kier alpha value is -0.930. The summed E-state index contributed by atoms with van der Waals surface area (Å²) >= 11 is 6.34. The van der Waals surface area contributed by atoms with Gasteiger partial charge in [0.25, 0.3) is 0 Å². The summed E-state index contributed by atoms with van der Waals surface area (Å²) in [5.41, 5.74) is 1.12. The lowest BCUT2D eigenvalue weighted by molar-refractivity contribution is 0.230. The molecule has 0 fully saturated rings. The SMILES string of the molecule is CCCCCCCCNCc1cc(Cl)c(OC(C)C)c(OC)c1. The normalized spacial score (nSPS) is 11.0. The van der Waals surface area contributed by atoms with Crippen molar-refractivity contribution in [1.29, 1.82) is 0 Å². The molecule has 0 saturated carbocycles. The molecular formula is C19H32ClNO2. The van der Waals surface area contributed by atoms with Crippen molar-refractivity contribution in [3.63, 3.8) is 0 Å². The van der Waals surface area contributed by atoms with Crippen molar-refractivity contribution in [1.82, 2.24) is 5.32 Å². The molecule has 0 heterocycles. The minimum absolute atomic E-state index is 0.0677. The zero-order valence-corrected chi connectivity index (χ0v) is 15.8. The zero-order valence-electron chi connectivity index (χ0n) is 15.1. The Morgan fingerprint density at radius 3 is 2.43 bits per heavy atom. The quantitative estimate of drug-likeness (QED) is 0.503. The molecule has 1 N–H and O–H groups in total. The molecule has 1 rings (SSSR count). The number of hydrogen-bond donors (Lipinski definition) is 1. The monoisotopic (exact) mass is 341 g/mol. The Bertz CT molecular complexity index is 449. The maximum absolute atomic E-state index is 6.34. The number of methoxy groups -OCH3 is 1. The van der Waals surface area contributed by atoms with Crippen LogP contribution in [-0.2, 0) is 6.54 Å². The van der Waals surface area contributed by atoms with E-state index in [1.807, 2.05) is 26.0 Å². The second-order valence-corrected chi connectivity index (χ2v) is 6.63. The Morgan fingerprint density at radius 1 is 1.09 bits per heavy atom. The van der Waals surface area contributed by atoms with Crippen LogP contribution in [0.3, 0.4) is 0 Å². The predicted molar refractivity (Wildman–Crippen MR) is 98.9 cm³/mol. The Labute approximate surface area is 146 Å². The maximum atomic E-state index is 6.34. The molecule has 132 valence electrons. The van der Waals surface area contributed by atoms with Gasteiger partial charge in [0.15, 0.2) is 11.5 Å². The van der Waals surface area contributed by atoms with Gasteiger partial charge in [-0.05, 0) is 44.5 Å². The summed E-state index contributed by atoms with van der Waals surface area (Å²) in [5, 5.41) is 4.08. The molecule has 0 unspecified atom stereocenters. The Kier molecular flexibility index (Phi) is 10.1. The summed E-state index contributed by atoms with van der Waals surface area (Å²) in [7, 11) is 1.65.